The number of nitrogens with one attached hydrogen (secondary N) is 2. The molecule has 27 heavy (non-hydrogen) atoms. The minimum Gasteiger partial charge on any atom is -0.354 e. The molecular formula is C21H16ClN3OS. The van der Waals surface area contributed by atoms with Gasteiger partial charge in [-0.3, -0.25) is 4.79 Å². The van der Waals surface area contributed by atoms with Crippen molar-refractivity contribution < 1.29 is 4.79 Å². The summed E-state index contributed by atoms with van der Waals surface area (Å²) < 4.78 is 0. The predicted molar refractivity (Wildman–Crippen MR) is 111 cm³/mol. The molecule has 1 amide bonds. The van der Waals surface area contributed by atoms with Gasteiger partial charge in [0.15, 0.2) is 0 Å². The molecule has 0 spiro atoms. The molecule has 0 saturated heterocycles. The van der Waals surface area contributed by atoms with Crippen LogP contribution in [0.3, 0.4) is 0 Å². The van der Waals surface area contributed by atoms with Crippen LogP contribution >= 0.6 is 23.4 Å². The maximum absolute atomic E-state index is 12.2. The van der Waals surface area contributed by atoms with E-state index in [0.29, 0.717) is 10.6 Å². The van der Waals surface area contributed by atoms with E-state index in [1.54, 1.807) is 36.0 Å². The lowest BCUT2D eigenvalue weighted by molar-refractivity contribution is 0.0955. The Morgan fingerprint density at radius 1 is 0.963 bits per heavy atom. The Kier molecular flexibility index (Phi) is 4.88. The van der Waals surface area contributed by atoms with Crippen LogP contribution in [0.25, 0.3) is 0 Å². The average Bonchev–Trinajstić information content (AvgIpc) is 2.70. The number of hydrazone groups is 1. The number of halogens is 1. The first kappa shape index (κ1) is 17.6. The van der Waals surface area contributed by atoms with E-state index in [0.717, 1.165) is 27.5 Å². The monoisotopic (exact) mass is 393 g/mol. The average molecular weight is 394 g/mol. The molecule has 6 heteroatoms. The maximum atomic E-state index is 12.2. The lowest BCUT2D eigenvalue weighted by atomic mass is 10.1. The molecule has 4 nitrogen and oxygen atoms in total. The van der Waals surface area contributed by atoms with Gasteiger partial charge in [-0.05, 0) is 61.0 Å². The molecule has 1 aliphatic rings. The van der Waals surface area contributed by atoms with Gasteiger partial charge >= 0.3 is 0 Å². The molecule has 3 aromatic carbocycles. The Labute approximate surface area is 166 Å². The van der Waals surface area contributed by atoms with E-state index >= 15 is 0 Å². The Morgan fingerprint density at radius 3 is 2.48 bits per heavy atom. The van der Waals surface area contributed by atoms with Gasteiger partial charge < -0.3 is 5.32 Å². The van der Waals surface area contributed by atoms with E-state index in [1.165, 1.54) is 4.90 Å². The number of nitrogens with zero attached hydrogens (tertiary/aromatic N) is 1. The summed E-state index contributed by atoms with van der Waals surface area (Å²) in [5.41, 5.74) is 6.90. The molecule has 0 bridgehead atoms. The molecule has 1 heterocycles. The van der Waals surface area contributed by atoms with Crippen molar-refractivity contribution in [3.8, 4) is 0 Å². The minimum absolute atomic E-state index is 0.272. The topological polar surface area (TPSA) is 53.5 Å². The fourth-order valence-corrected chi connectivity index (χ4v) is 3.82. The van der Waals surface area contributed by atoms with Crippen LogP contribution in [0.2, 0.25) is 5.02 Å². The van der Waals surface area contributed by atoms with Crippen LogP contribution in [0.5, 0.6) is 0 Å². The van der Waals surface area contributed by atoms with Crippen molar-refractivity contribution in [2.24, 2.45) is 5.10 Å². The van der Waals surface area contributed by atoms with Gasteiger partial charge in [-0.2, -0.15) is 5.10 Å². The molecule has 0 unspecified atom stereocenters. The Morgan fingerprint density at radius 2 is 1.67 bits per heavy atom. The highest BCUT2D eigenvalue weighted by Crippen LogP contribution is 2.44. The number of hydrogen-bond acceptors (Lipinski definition) is 4. The Balaban J connectivity index is 1.51. The molecule has 1 aliphatic heterocycles. The Bertz CT molecular complexity index is 1050. The summed E-state index contributed by atoms with van der Waals surface area (Å²) in [5, 5.41) is 8.28. The standard InChI is InChI=1S/C21H16ClN3OS/c1-13(24-25-21(26)14-6-9-16(22)10-7-14)15-8-11-20-18(12-15)23-17-4-2-3-5-19(17)27-20/h2-12,23H,1H3,(H,25,26)/b24-13+. The first-order valence-electron chi connectivity index (χ1n) is 8.39. The second-order valence-corrected chi connectivity index (χ2v) is 7.60. The number of carbonyl (C=O) groups is 1. The molecule has 0 atom stereocenters. The van der Waals surface area contributed by atoms with Crippen molar-refractivity contribution in [3.05, 3.63) is 82.9 Å². The van der Waals surface area contributed by atoms with Gasteiger partial charge in [0.1, 0.15) is 0 Å². The van der Waals surface area contributed by atoms with Crippen LogP contribution in [-0.4, -0.2) is 11.6 Å². The summed E-state index contributed by atoms with van der Waals surface area (Å²) in [5.74, 6) is -0.272. The fraction of sp³-hybridized carbons (Fsp3) is 0.0476. The van der Waals surface area contributed by atoms with Gasteiger partial charge in [0.25, 0.3) is 5.91 Å². The van der Waals surface area contributed by atoms with E-state index in [2.05, 4.69) is 34.0 Å². The number of benzene rings is 3. The van der Waals surface area contributed by atoms with Crippen LogP contribution < -0.4 is 10.7 Å². The van der Waals surface area contributed by atoms with Gasteiger partial charge in [-0.25, -0.2) is 5.43 Å². The molecule has 0 saturated carbocycles. The molecule has 134 valence electrons. The smallest absolute Gasteiger partial charge is 0.271 e. The van der Waals surface area contributed by atoms with Crippen molar-refractivity contribution in [1.82, 2.24) is 5.43 Å². The first-order chi connectivity index (χ1) is 13.1. The number of amides is 1. The van der Waals surface area contributed by atoms with Gasteiger partial charge in [0.2, 0.25) is 0 Å². The van der Waals surface area contributed by atoms with Crippen molar-refractivity contribution >= 4 is 46.4 Å². The zero-order valence-electron chi connectivity index (χ0n) is 14.5. The number of para-hydroxylation sites is 1. The minimum atomic E-state index is -0.272. The Hall–Kier alpha value is -2.76. The van der Waals surface area contributed by atoms with Crippen LogP contribution in [-0.2, 0) is 0 Å². The first-order valence-corrected chi connectivity index (χ1v) is 9.58. The van der Waals surface area contributed by atoms with Crippen molar-refractivity contribution in [2.45, 2.75) is 16.7 Å². The molecule has 0 fully saturated rings. The normalized spacial score (nSPS) is 12.6. The van der Waals surface area contributed by atoms with E-state index in [9.17, 15) is 4.79 Å². The zero-order chi connectivity index (χ0) is 18.8. The van der Waals surface area contributed by atoms with E-state index in [-0.39, 0.29) is 5.91 Å². The quantitative estimate of drug-likeness (QED) is 0.346. The molecule has 0 aliphatic carbocycles. The molecular weight excluding hydrogens is 378 g/mol. The van der Waals surface area contributed by atoms with E-state index < -0.39 is 0 Å². The highest BCUT2D eigenvalue weighted by atomic mass is 35.5. The highest BCUT2D eigenvalue weighted by Gasteiger charge is 2.16. The van der Waals surface area contributed by atoms with Crippen molar-refractivity contribution in [3.63, 3.8) is 0 Å². The fourth-order valence-electron chi connectivity index (χ4n) is 2.73. The zero-order valence-corrected chi connectivity index (χ0v) is 16.1. The largest absolute Gasteiger partial charge is 0.354 e. The van der Waals surface area contributed by atoms with Crippen LogP contribution in [0, 0.1) is 0 Å². The van der Waals surface area contributed by atoms with Gasteiger partial charge in [0, 0.05) is 20.4 Å². The summed E-state index contributed by atoms with van der Waals surface area (Å²) in [6, 6.07) is 21.0. The number of rotatable bonds is 3. The number of anilines is 2. The SMILES string of the molecule is C/C(=N\NC(=O)c1ccc(Cl)cc1)c1ccc2c(c1)Nc1ccccc1S2. The highest BCUT2D eigenvalue weighted by molar-refractivity contribution is 7.99. The molecule has 4 rings (SSSR count). The van der Waals surface area contributed by atoms with E-state index in [1.807, 2.05) is 31.2 Å². The third kappa shape index (κ3) is 3.84. The summed E-state index contributed by atoms with van der Waals surface area (Å²) in [4.78, 5) is 14.6. The van der Waals surface area contributed by atoms with Crippen LogP contribution in [0.1, 0.15) is 22.8 Å². The van der Waals surface area contributed by atoms with Gasteiger partial charge in [-0.15, -0.1) is 0 Å². The third-order valence-corrected chi connectivity index (χ3v) is 5.61. The van der Waals surface area contributed by atoms with Crippen LogP contribution in [0.15, 0.2) is 81.6 Å². The summed E-state index contributed by atoms with van der Waals surface area (Å²) in [6.45, 7) is 1.87. The van der Waals surface area contributed by atoms with E-state index in [4.69, 9.17) is 11.6 Å². The number of hydrogen-bond donors (Lipinski definition) is 2. The summed E-state index contributed by atoms with van der Waals surface area (Å²) >= 11 is 7.58. The van der Waals surface area contributed by atoms with Crippen molar-refractivity contribution in [2.75, 3.05) is 5.32 Å². The maximum Gasteiger partial charge on any atom is 0.271 e. The molecule has 2 N–H and O–H groups in total. The summed E-state index contributed by atoms with van der Waals surface area (Å²) in [6.07, 6.45) is 0. The third-order valence-electron chi connectivity index (χ3n) is 4.21. The lowest BCUT2D eigenvalue weighted by Gasteiger charge is -2.21. The molecule has 3 aromatic rings. The van der Waals surface area contributed by atoms with Crippen molar-refractivity contribution in [1.29, 1.82) is 0 Å². The molecule has 0 radical (unpaired) electrons. The molecule has 0 aromatic heterocycles. The van der Waals surface area contributed by atoms with Gasteiger partial charge in [-0.1, -0.05) is 41.6 Å². The van der Waals surface area contributed by atoms with Crippen LogP contribution in [0.4, 0.5) is 11.4 Å². The summed E-state index contributed by atoms with van der Waals surface area (Å²) in [7, 11) is 0. The second-order valence-electron chi connectivity index (χ2n) is 6.08. The number of carbonyl (C=O) groups excluding carboxylic acids is 1. The lowest BCUT2D eigenvalue weighted by Crippen LogP contribution is -2.19. The second kappa shape index (κ2) is 7.47. The predicted octanol–water partition coefficient (Wildman–Crippen LogP) is 5.70. The number of fused-ring (bicyclic) bond motifs is 2. The van der Waals surface area contributed by atoms with Gasteiger partial charge in [0.05, 0.1) is 17.1 Å².